The Balaban J connectivity index is 2.76. The van der Waals surface area contributed by atoms with Crippen molar-refractivity contribution in [2.45, 2.75) is 71.4 Å². The van der Waals surface area contributed by atoms with E-state index in [0.29, 0.717) is 6.04 Å². The number of carboxylic acids is 1. The van der Waals surface area contributed by atoms with Crippen LogP contribution in [0.15, 0.2) is 24.3 Å². The number of carboxylic acid groups (broad SMARTS) is 1. The maximum Gasteiger partial charge on any atom is 0.304 e. The summed E-state index contributed by atoms with van der Waals surface area (Å²) in [6, 6.07) is 8.86. The van der Waals surface area contributed by atoms with Crippen molar-refractivity contribution in [1.29, 1.82) is 0 Å². The molecule has 3 nitrogen and oxygen atoms in total. The van der Waals surface area contributed by atoms with Crippen LogP contribution in [0.1, 0.15) is 58.6 Å². The van der Waals surface area contributed by atoms with E-state index < -0.39 is 5.97 Å². The predicted octanol–water partition coefficient (Wildman–Crippen LogP) is 3.76. The molecular formula is C18H29NO2. The van der Waals surface area contributed by atoms with Crippen LogP contribution in [0.4, 0.5) is 0 Å². The molecule has 2 atom stereocenters. The van der Waals surface area contributed by atoms with E-state index in [9.17, 15) is 4.79 Å². The number of hydrogen-bond acceptors (Lipinski definition) is 2. The maximum absolute atomic E-state index is 11.0. The topological polar surface area (TPSA) is 49.3 Å². The summed E-state index contributed by atoms with van der Waals surface area (Å²) in [5.74, 6) is -0.748. The summed E-state index contributed by atoms with van der Waals surface area (Å²) in [6.45, 7) is 10.8. The highest BCUT2D eigenvalue weighted by atomic mass is 16.4. The Morgan fingerprint density at radius 3 is 2.24 bits per heavy atom. The minimum atomic E-state index is -0.748. The van der Waals surface area contributed by atoms with Crippen LogP contribution in [-0.2, 0) is 16.6 Å². The van der Waals surface area contributed by atoms with Crippen LogP contribution >= 0.6 is 0 Å². The van der Waals surface area contributed by atoms with Crippen LogP contribution in [0.2, 0.25) is 0 Å². The first-order valence-corrected chi connectivity index (χ1v) is 7.79. The van der Waals surface area contributed by atoms with E-state index in [-0.39, 0.29) is 17.9 Å². The van der Waals surface area contributed by atoms with Crippen molar-refractivity contribution in [3.8, 4) is 0 Å². The minimum absolute atomic E-state index is 0.0158. The van der Waals surface area contributed by atoms with Gasteiger partial charge in [-0.05, 0) is 36.3 Å². The summed E-state index contributed by atoms with van der Waals surface area (Å²) in [5.41, 5.74) is 2.63. The Morgan fingerprint density at radius 1 is 1.24 bits per heavy atom. The predicted molar refractivity (Wildman–Crippen MR) is 87.8 cm³/mol. The summed E-state index contributed by atoms with van der Waals surface area (Å²) in [6.07, 6.45) is 1.91. The summed E-state index contributed by atoms with van der Waals surface area (Å²) in [5, 5.41) is 12.5. The quantitative estimate of drug-likeness (QED) is 0.804. The largest absolute Gasteiger partial charge is 0.481 e. The molecule has 0 amide bonds. The van der Waals surface area contributed by atoms with E-state index in [0.717, 1.165) is 12.8 Å². The Labute approximate surface area is 128 Å². The van der Waals surface area contributed by atoms with Crippen LogP contribution in [0.5, 0.6) is 0 Å². The molecule has 1 aromatic carbocycles. The van der Waals surface area contributed by atoms with Gasteiger partial charge >= 0.3 is 5.97 Å². The lowest BCUT2D eigenvalue weighted by atomic mass is 9.86. The van der Waals surface area contributed by atoms with Crippen molar-refractivity contribution in [2.24, 2.45) is 0 Å². The number of rotatable bonds is 7. The first-order valence-electron chi connectivity index (χ1n) is 7.79. The second kappa shape index (κ2) is 7.60. The zero-order chi connectivity index (χ0) is 16.0. The molecule has 0 aliphatic heterocycles. The van der Waals surface area contributed by atoms with Gasteiger partial charge in [0.05, 0.1) is 6.42 Å². The fourth-order valence-corrected chi connectivity index (χ4v) is 2.35. The summed E-state index contributed by atoms with van der Waals surface area (Å²) >= 11 is 0. The molecule has 0 fully saturated rings. The monoisotopic (exact) mass is 291 g/mol. The van der Waals surface area contributed by atoms with E-state index in [4.69, 9.17) is 5.11 Å². The molecule has 21 heavy (non-hydrogen) atoms. The molecule has 3 heteroatoms. The molecule has 0 saturated heterocycles. The van der Waals surface area contributed by atoms with Gasteiger partial charge in [0.2, 0.25) is 0 Å². The van der Waals surface area contributed by atoms with Gasteiger partial charge in [-0.2, -0.15) is 0 Å². The van der Waals surface area contributed by atoms with Crippen molar-refractivity contribution < 1.29 is 9.90 Å². The summed E-state index contributed by atoms with van der Waals surface area (Å²) in [7, 11) is 0. The Kier molecular flexibility index (Phi) is 6.41. The van der Waals surface area contributed by atoms with Crippen LogP contribution in [0.3, 0.4) is 0 Å². The number of aliphatic carboxylic acids is 1. The van der Waals surface area contributed by atoms with E-state index in [1.807, 2.05) is 0 Å². The molecule has 0 aliphatic carbocycles. The van der Waals surface area contributed by atoms with Gasteiger partial charge in [-0.3, -0.25) is 4.79 Å². The van der Waals surface area contributed by atoms with Crippen molar-refractivity contribution in [3.05, 3.63) is 35.4 Å². The summed E-state index contributed by atoms with van der Waals surface area (Å²) < 4.78 is 0. The molecule has 0 radical (unpaired) electrons. The standard InChI is InChI=1S/C18H29NO2/c1-6-13(2)19-16(12-17(20)21)11-14-7-9-15(10-8-14)18(3,4)5/h7-10,13,16,19H,6,11-12H2,1-5H3,(H,20,21). The third-order valence-corrected chi connectivity index (χ3v) is 3.86. The Hall–Kier alpha value is -1.35. The van der Waals surface area contributed by atoms with Crippen LogP contribution < -0.4 is 5.32 Å². The summed E-state index contributed by atoms with van der Waals surface area (Å²) in [4.78, 5) is 11.0. The molecule has 0 spiro atoms. The van der Waals surface area contributed by atoms with Crippen molar-refractivity contribution in [3.63, 3.8) is 0 Å². The van der Waals surface area contributed by atoms with Crippen LogP contribution in [-0.4, -0.2) is 23.2 Å². The van der Waals surface area contributed by atoms with Gasteiger partial charge < -0.3 is 10.4 Å². The van der Waals surface area contributed by atoms with Gasteiger partial charge in [-0.1, -0.05) is 52.0 Å². The molecule has 1 rings (SSSR count). The van der Waals surface area contributed by atoms with Crippen molar-refractivity contribution in [1.82, 2.24) is 5.32 Å². The fourth-order valence-electron chi connectivity index (χ4n) is 2.35. The highest BCUT2D eigenvalue weighted by Gasteiger charge is 2.17. The molecule has 0 bridgehead atoms. The van der Waals surface area contributed by atoms with Gasteiger partial charge in [0.1, 0.15) is 0 Å². The first-order chi connectivity index (χ1) is 9.72. The minimum Gasteiger partial charge on any atom is -0.481 e. The van der Waals surface area contributed by atoms with E-state index >= 15 is 0 Å². The molecule has 0 aliphatic rings. The lowest BCUT2D eigenvalue weighted by molar-refractivity contribution is -0.137. The second-order valence-corrected chi connectivity index (χ2v) is 6.92. The number of carbonyl (C=O) groups is 1. The zero-order valence-corrected chi connectivity index (χ0v) is 13.9. The zero-order valence-electron chi connectivity index (χ0n) is 13.9. The smallest absolute Gasteiger partial charge is 0.304 e. The lowest BCUT2D eigenvalue weighted by Crippen LogP contribution is -2.39. The van der Waals surface area contributed by atoms with Gasteiger partial charge in [0.25, 0.3) is 0 Å². The average molecular weight is 291 g/mol. The van der Waals surface area contributed by atoms with Gasteiger partial charge in [0, 0.05) is 12.1 Å². The van der Waals surface area contributed by atoms with Crippen molar-refractivity contribution >= 4 is 5.97 Å². The third-order valence-electron chi connectivity index (χ3n) is 3.86. The van der Waals surface area contributed by atoms with Gasteiger partial charge in [-0.25, -0.2) is 0 Å². The Bertz CT molecular complexity index is 445. The van der Waals surface area contributed by atoms with E-state index in [2.05, 4.69) is 64.2 Å². The van der Waals surface area contributed by atoms with E-state index in [1.165, 1.54) is 11.1 Å². The number of benzene rings is 1. The SMILES string of the molecule is CCC(C)NC(CC(=O)O)Cc1ccc(C(C)(C)C)cc1. The van der Waals surface area contributed by atoms with Gasteiger partial charge in [0.15, 0.2) is 0 Å². The molecule has 0 saturated carbocycles. The molecule has 1 aromatic rings. The van der Waals surface area contributed by atoms with Crippen LogP contribution in [0, 0.1) is 0 Å². The fraction of sp³-hybridized carbons (Fsp3) is 0.611. The normalized spacial score (nSPS) is 14.7. The molecule has 118 valence electrons. The number of nitrogens with one attached hydrogen (secondary N) is 1. The molecule has 2 N–H and O–H groups in total. The molecular weight excluding hydrogens is 262 g/mol. The second-order valence-electron chi connectivity index (χ2n) is 6.92. The maximum atomic E-state index is 11.0. The molecule has 0 heterocycles. The average Bonchev–Trinajstić information content (AvgIpc) is 2.37. The highest BCUT2D eigenvalue weighted by molar-refractivity contribution is 5.67. The highest BCUT2D eigenvalue weighted by Crippen LogP contribution is 2.22. The third kappa shape index (κ3) is 6.30. The Morgan fingerprint density at radius 2 is 1.81 bits per heavy atom. The molecule has 0 aromatic heterocycles. The molecule has 2 unspecified atom stereocenters. The van der Waals surface area contributed by atoms with Gasteiger partial charge in [-0.15, -0.1) is 0 Å². The van der Waals surface area contributed by atoms with E-state index in [1.54, 1.807) is 0 Å². The lowest BCUT2D eigenvalue weighted by Gasteiger charge is -2.22. The number of hydrogen-bond donors (Lipinski definition) is 2. The van der Waals surface area contributed by atoms with Crippen molar-refractivity contribution in [2.75, 3.05) is 0 Å². The first kappa shape index (κ1) is 17.7. The van der Waals surface area contributed by atoms with Crippen LogP contribution in [0.25, 0.3) is 0 Å².